The van der Waals surface area contributed by atoms with Gasteiger partial charge < -0.3 is 0 Å². The number of benzene rings is 1. The van der Waals surface area contributed by atoms with Crippen molar-refractivity contribution in [2.75, 3.05) is 0 Å². The molecule has 0 aliphatic carbocycles. The summed E-state index contributed by atoms with van der Waals surface area (Å²) in [5.74, 6) is 0. The van der Waals surface area contributed by atoms with Gasteiger partial charge in [-0.25, -0.2) is 0 Å². The highest BCUT2D eigenvalue weighted by Gasteiger charge is 2.11. The van der Waals surface area contributed by atoms with E-state index in [0.29, 0.717) is 0 Å². The fourth-order valence-electron chi connectivity index (χ4n) is 1.56. The van der Waals surface area contributed by atoms with Gasteiger partial charge in [0.1, 0.15) is 0 Å². The lowest BCUT2D eigenvalue weighted by molar-refractivity contribution is 0.910. The fourth-order valence-corrected chi connectivity index (χ4v) is 2.88. The molecular weight excluding hydrogens is 333 g/mol. The van der Waals surface area contributed by atoms with Gasteiger partial charge >= 0.3 is 0 Å². The molecule has 0 fully saturated rings. The van der Waals surface area contributed by atoms with Crippen LogP contribution < -0.4 is 0 Å². The van der Waals surface area contributed by atoms with Crippen LogP contribution >= 0.6 is 34.2 Å². The number of alkyl halides is 1. The smallest absolute Gasteiger partial charge is 0.0635 e. The summed E-state index contributed by atoms with van der Waals surface area (Å²) in [6.07, 6.45) is 4.44. The van der Waals surface area contributed by atoms with Crippen LogP contribution in [0.25, 0.3) is 0 Å². The molecule has 0 radical (unpaired) electrons. The second-order valence-corrected chi connectivity index (χ2v) is 5.24. The molecular formula is C13H11ClIN. The first-order valence-electron chi connectivity index (χ1n) is 5.05. The van der Waals surface area contributed by atoms with Crippen LogP contribution in [-0.2, 0) is 6.42 Å². The molecule has 0 spiro atoms. The number of hydrogen-bond donors (Lipinski definition) is 0. The van der Waals surface area contributed by atoms with E-state index < -0.39 is 0 Å². The first kappa shape index (κ1) is 11.9. The summed E-state index contributed by atoms with van der Waals surface area (Å²) in [6.45, 7) is 0. The number of rotatable bonds is 3. The van der Waals surface area contributed by atoms with Crippen molar-refractivity contribution in [2.24, 2.45) is 0 Å². The van der Waals surface area contributed by atoms with Gasteiger partial charge in [0.05, 0.1) is 5.38 Å². The molecule has 3 heteroatoms. The summed E-state index contributed by atoms with van der Waals surface area (Å²) in [5, 5.41) is 0.0236. The van der Waals surface area contributed by atoms with Gasteiger partial charge in [-0.1, -0.05) is 18.2 Å². The minimum atomic E-state index is 0.0236. The fraction of sp³-hybridized carbons (Fsp3) is 0.154. The van der Waals surface area contributed by atoms with E-state index in [1.54, 1.807) is 12.4 Å². The van der Waals surface area contributed by atoms with Crippen molar-refractivity contribution in [3.63, 3.8) is 0 Å². The summed E-state index contributed by atoms with van der Waals surface area (Å²) < 4.78 is 1.22. The lowest BCUT2D eigenvalue weighted by Gasteiger charge is -2.11. The molecule has 1 unspecified atom stereocenters. The zero-order valence-corrected chi connectivity index (χ0v) is 11.5. The molecule has 1 heterocycles. The van der Waals surface area contributed by atoms with E-state index >= 15 is 0 Å². The Morgan fingerprint density at radius 3 is 2.50 bits per heavy atom. The normalized spacial score (nSPS) is 12.4. The van der Waals surface area contributed by atoms with Gasteiger partial charge in [0.15, 0.2) is 0 Å². The molecule has 1 aromatic heterocycles. The van der Waals surface area contributed by atoms with E-state index in [1.807, 2.05) is 24.3 Å². The Morgan fingerprint density at radius 1 is 1.12 bits per heavy atom. The Labute approximate surface area is 114 Å². The summed E-state index contributed by atoms with van der Waals surface area (Å²) in [6, 6.07) is 12.2. The molecule has 0 bridgehead atoms. The monoisotopic (exact) mass is 343 g/mol. The molecule has 2 rings (SSSR count). The summed E-state index contributed by atoms with van der Waals surface area (Å²) in [4.78, 5) is 4.00. The van der Waals surface area contributed by atoms with Crippen LogP contribution in [-0.4, -0.2) is 4.98 Å². The minimum Gasteiger partial charge on any atom is -0.265 e. The number of pyridine rings is 1. The molecule has 0 saturated carbocycles. The molecule has 16 heavy (non-hydrogen) atoms. The van der Waals surface area contributed by atoms with Crippen LogP contribution in [0, 0.1) is 3.57 Å². The van der Waals surface area contributed by atoms with Crippen molar-refractivity contribution in [3.8, 4) is 0 Å². The van der Waals surface area contributed by atoms with E-state index in [4.69, 9.17) is 11.6 Å². The number of aromatic nitrogens is 1. The molecule has 0 aliphatic heterocycles. The van der Waals surface area contributed by atoms with Crippen molar-refractivity contribution in [1.29, 1.82) is 0 Å². The second-order valence-electron chi connectivity index (χ2n) is 3.55. The van der Waals surface area contributed by atoms with Crippen LogP contribution in [0.3, 0.4) is 0 Å². The quantitative estimate of drug-likeness (QED) is 0.601. The van der Waals surface area contributed by atoms with Crippen LogP contribution in [0.5, 0.6) is 0 Å². The van der Waals surface area contributed by atoms with Crippen LogP contribution in [0.2, 0.25) is 0 Å². The number of halogens is 2. The molecule has 0 amide bonds. The van der Waals surface area contributed by atoms with E-state index in [-0.39, 0.29) is 5.38 Å². The number of hydrogen-bond acceptors (Lipinski definition) is 1. The van der Waals surface area contributed by atoms with Gasteiger partial charge in [0.2, 0.25) is 0 Å². The lowest BCUT2D eigenvalue weighted by Crippen LogP contribution is -1.98. The maximum absolute atomic E-state index is 6.42. The molecule has 1 nitrogen and oxygen atoms in total. The maximum Gasteiger partial charge on any atom is 0.0635 e. The topological polar surface area (TPSA) is 12.9 Å². The highest BCUT2D eigenvalue weighted by Crippen LogP contribution is 2.28. The molecule has 0 saturated heterocycles. The standard InChI is InChI=1S/C13H11ClIN/c14-12(9-10-5-7-16-8-6-10)11-3-1-2-4-13(11)15/h1-8,12H,9H2. The SMILES string of the molecule is ClC(Cc1ccncc1)c1ccccc1I. The van der Waals surface area contributed by atoms with Gasteiger partial charge in [0.25, 0.3) is 0 Å². The van der Waals surface area contributed by atoms with Gasteiger partial charge in [-0.15, -0.1) is 11.6 Å². The highest BCUT2D eigenvalue weighted by molar-refractivity contribution is 14.1. The van der Waals surface area contributed by atoms with Crippen LogP contribution in [0.1, 0.15) is 16.5 Å². The predicted octanol–water partition coefficient (Wildman–Crippen LogP) is 4.21. The van der Waals surface area contributed by atoms with Crippen LogP contribution in [0.4, 0.5) is 0 Å². The van der Waals surface area contributed by atoms with Crippen molar-refractivity contribution < 1.29 is 0 Å². The summed E-state index contributed by atoms with van der Waals surface area (Å²) >= 11 is 8.74. The molecule has 82 valence electrons. The lowest BCUT2D eigenvalue weighted by atomic mass is 10.1. The Morgan fingerprint density at radius 2 is 1.81 bits per heavy atom. The van der Waals surface area contributed by atoms with Gasteiger partial charge in [-0.2, -0.15) is 0 Å². The molecule has 0 N–H and O–H groups in total. The third-order valence-corrected chi connectivity index (χ3v) is 3.78. The third-order valence-electron chi connectivity index (χ3n) is 2.41. The largest absolute Gasteiger partial charge is 0.265 e. The predicted molar refractivity (Wildman–Crippen MR) is 75.7 cm³/mol. The number of nitrogens with zero attached hydrogens (tertiary/aromatic N) is 1. The first-order valence-corrected chi connectivity index (χ1v) is 6.56. The van der Waals surface area contributed by atoms with E-state index in [2.05, 4.69) is 39.7 Å². The van der Waals surface area contributed by atoms with Gasteiger partial charge in [-0.3, -0.25) is 4.98 Å². The summed E-state index contributed by atoms with van der Waals surface area (Å²) in [7, 11) is 0. The van der Waals surface area contributed by atoms with Gasteiger partial charge in [-0.05, 0) is 58.3 Å². The second kappa shape index (κ2) is 5.64. The van der Waals surface area contributed by atoms with Crippen molar-refractivity contribution in [1.82, 2.24) is 4.98 Å². The Hall–Kier alpha value is -0.610. The maximum atomic E-state index is 6.42. The average molecular weight is 344 g/mol. The van der Waals surface area contributed by atoms with E-state index in [0.717, 1.165) is 6.42 Å². The molecule has 1 atom stereocenters. The highest BCUT2D eigenvalue weighted by atomic mass is 127. The molecule has 2 aromatic rings. The average Bonchev–Trinajstić information content (AvgIpc) is 2.31. The Bertz CT molecular complexity index is 458. The van der Waals surface area contributed by atoms with Crippen molar-refractivity contribution >= 4 is 34.2 Å². The van der Waals surface area contributed by atoms with Crippen LogP contribution in [0.15, 0.2) is 48.8 Å². The zero-order valence-electron chi connectivity index (χ0n) is 8.61. The van der Waals surface area contributed by atoms with E-state index in [9.17, 15) is 0 Å². The Kier molecular flexibility index (Phi) is 4.18. The van der Waals surface area contributed by atoms with Gasteiger partial charge in [0, 0.05) is 16.0 Å². The Balaban J connectivity index is 2.15. The third kappa shape index (κ3) is 2.95. The van der Waals surface area contributed by atoms with Crippen molar-refractivity contribution in [3.05, 3.63) is 63.5 Å². The minimum absolute atomic E-state index is 0.0236. The van der Waals surface area contributed by atoms with E-state index in [1.165, 1.54) is 14.7 Å². The zero-order chi connectivity index (χ0) is 11.4. The summed E-state index contributed by atoms with van der Waals surface area (Å²) in [5.41, 5.74) is 2.41. The van der Waals surface area contributed by atoms with Crippen molar-refractivity contribution in [2.45, 2.75) is 11.8 Å². The molecule has 1 aromatic carbocycles. The molecule has 0 aliphatic rings. The first-order chi connectivity index (χ1) is 7.77.